The van der Waals surface area contributed by atoms with Crippen molar-refractivity contribution >= 4 is 28.6 Å². The maximum absolute atomic E-state index is 12.0. The second-order valence-electron chi connectivity index (χ2n) is 4.39. The third-order valence-corrected chi connectivity index (χ3v) is 4.94. The van der Waals surface area contributed by atoms with Crippen LogP contribution in [0.3, 0.4) is 0 Å². The highest BCUT2D eigenvalue weighted by molar-refractivity contribution is 7.20. The van der Waals surface area contributed by atoms with Gasteiger partial charge in [-0.2, -0.15) is 0 Å². The molecule has 2 aromatic heterocycles. The van der Waals surface area contributed by atoms with Crippen molar-refractivity contribution < 1.29 is 4.79 Å². The number of likely N-dealkylation sites (N-methyl/N-ethyl adjacent to an activating group) is 1. The molecule has 0 bridgehead atoms. The fourth-order valence-electron chi connectivity index (χ4n) is 1.59. The molecule has 2 aromatic rings. The predicted molar refractivity (Wildman–Crippen MR) is 80.4 cm³/mol. The fourth-order valence-corrected chi connectivity index (χ4v) is 3.22. The number of amides is 1. The first-order chi connectivity index (χ1) is 9.11. The number of rotatable bonds is 5. The van der Waals surface area contributed by atoms with E-state index in [4.69, 9.17) is 5.73 Å². The van der Waals surface area contributed by atoms with Crippen molar-refractivity contribution in [1.82, 2.24) is 9.88 Å². The highest BCUT2D eigenvalue weighted by Gasteiger charge is 2.16. The van der Waals surface area contributed by atoms with Gasteiger partial charge in [-0.3, -0.25) is 4.79 Å². The van der Waals surface area contributed by atoms with Gasteiger partial charge in [-0.05, 0) is 18.4 Å². The van der Waals surface area contributed by atoms with Crippen molar-refractivity contribution in [3.63, 3.8) is 0 Å². The van der Waals surface area contributed by atoms with Crippen LogP contribution >= 0.6 is 22.7 Å². The summed E-state index contributed by atoms with van der Waals surface area (Å²) >= 11 is 3.24. The average Bonchev–Trinajstić information content (AvgIpc) is 3.06. The molecule has 4 nitrogen and oxygen atoms in total. The number of nitrogens with zero attached hydrogens (tertiary/aromatic N) is 2. The molecule has 2 heterocycles. The molecule has 0 aliphatic heterocycles. The Morgan fingerprint density at radius 2 is 2.32 bits per heavy atom. The standard InChI is InChI=1S/C13H17N3OS2/c1-9(7-14)16(2)12(17)6-10-8-19-13(15-10)11-4-3-5-18-11/h3-5,8-9H,6-7,14H2,1-2H3. The van der Waals surface area contributed by atoms with Gasteiger partial charge in [-0.15, -0.1) is 22.7 Å². The molecule has 0 fully saturated rings. The maximum Gasteiger partial charge on any atom is 0.228 e. The minimum atomic E-state index is 0.0565. The molecular formula is C13H17N3OS2. The van der Waals surface area contributed by atoms with Gasteiger partial charge in [0.15, 0.2) is 0 Å². The van der Waals surface area contributed by atoms with E-state index >= 15 is 0 Å². The van der Waals surface area contributed by atoms with Crippen LogP contribution in [0.4, 0.5) is 0 Å². The molecule has 1 atom stereocenters. The summed E-state index contributed by atoms with van der Waals surface area (Å²) in [4.78, 5) is 19.4. The van der Waals surface area contributed by atoms with E-state index < -0.39 is 0 Å². The molecule has 0 aliphatic carbocycles. The number of thiazole rings is 1. The zero-order valence-electron chi connectivity index (χ0n) is 11.0. The molecule has 6 heteroatoms. The first kappa shape index (κ1) is 14.2. The lowest BCUT2D eigenvalue weighted by Crippen LogP contribution is -2.40. The minimum Gasteiger partial charge on any atom is -0.341 e. The van der Waals surface area contributed by atoms with Gasteiger partial charge in [0.25, 0.3) is 0 Å². The highest BCUT2D eigenvalue weighted by Crippen LogP contribution is 2.27. The van der Waals surface area contributed by atoms with Crippen molar-refractivity contribution in [3.8, 4) is 9.88 Å². The van der Waals surface area contributed by atoms with Crippen LogP contribution in [-0.4, -0.2) is 35.4 Å². The molecular weight excluding hydrogens is 278 g/mol. The van der Waals surface area contributed by atoms with Gasteiger partial charge >= 0.3 is 0 Å². The lowest BCUT2D eigenvalue weighted by atomic mass is 10.2. The normalized spacial score (nSPS) is 12.4. The van der Waals surface area contributed by atoms with Gasteiger partial charge in [0.05, 0.1) is 17.0 Å². The highest BCUT2D eigenvalue weighted by atomic mass is 32.1. The molecule has 2 N–H and O–H groups in total. The summed E-state index contributed by atoms with van der Waals surface area (Å²) in [5, 5.41) is 4.96. The van der Waals surface area contributed by atoms with Gasteiger partial charge in [0.2, 0.25) is 5.91 Å². The SMILES string of the molecule is CC(CN)N(C)C(=O)Cc1csc(-c2cccs2)n1. The first-order valence-corrected chi connectivity index (χ1v) is 7.81. The summed E-state index contributed by atoms with van der Waals surface area (Å²) < 4.78 is 0. The number of hydrogen-bond acceptors (Lipinski definition) is 5. The summed E-state index contributed by atoms with van der Waals surface area (Å²) in [5.41, 5.74) is 6.39. The second kappa shape index (κ2) is 6.27. The van der Waals surface area contributed by atoms with E-state index in [9.17, 15) is 4.79 Å². The largest absolute Gasteiger partial charge is 0.341 e. The van der Waals surface area contributed by atoms with Crippen LogP contribution in [0.15, 0.2) is 22.9 Å². The molecule has 1 unspecified atom stereocenters. The number of nitrogens with two attached hydrogens (primary N) is 1. The number of thiophene rings is 1. The summed E-state index contributed by atoms with van der Waals surface area (Å²) in [6.07, 6.45) is 0.336. The van der Waals surface area contributed by atoms with Gasteiger partial charge in [0, 0.05) is 25.0 Å². The van der Waals surface area contributed by atoms with Crippen molar-refractivity contribution in [2.45, 2.75) is 19.4 Å². The van der Waals surface area contributed by atoms with E-state index in [1.54, 1.807) is 34.6 Å². The molecule has 0 aromatic carbocycles. The molecule has 1 amide bonds. The summed E-state index contributed by atoms with van der Waals surface area (Å²) in [6.45, 7) is 2.41. The van der Waals surface area contributed by atoms with Crippen molar-refractivity contribution in [3.05, 3.63) is 28.6 Å². The number of carbonyl (C=O) groups excluding carboxylic acids is 1. The number of hydrogen-bond donors (Lipinski definition) is 1. The number of carbonyl (C=O) groups is 1. The zero-order chi connectivity index (χ0) is 13.8. The van der Waals surface area contributed by atoms with Crippen LogP contribution in [0.5, 0.6) is 0 Å². The Morgan fingerprint density at radius 1 is 1.53 bits per heavy atom. The zero-order valence-corrected chi connectivity index (χ0v) is 12.6. The Labute approximate surface area is 120 Å². The third kappa shape index (κ3) is 3.40. The van der Waals surface area contributed by atoms with E-state index in [2.05, 4.69) is 4.98 Å². The summed E-state index contributed by atoms with van der Waals surface area (Å²) in [6, 6.07) is 4.10. The van der Waals surface area contributed by atoms with Crippen LogP contribution in [-0.2, 0) is 11.2 Å². The van der Waals surface area contributed by atoms with Gasteiger partial charge in [-0.25, -0.2) is 4.98 Å². The van der Waals surface area contributed by atoms with Gasteiger partial charge < -0.3 is 10.6 Å². The molecule has 102 valence electrons. The third-order valence-electron chi connectivity index (χ3n) is 3.01. The van der Waals surface area contributed by atoms with E-state index in [1.807, 2.05) is 29.8 Å². The van der Waals surface area contributed by atoms with Gasteiger partial charge in [0.1, 0.15) is 5.01 Å². The topological polar surface area (TPSA) is 59.2 Å². The second-order valence-corrected chi connectivity index (χ2v) is 6.19. The molecule has 0 aliphatic rings. The fraction of sp³-hybridized carbons (Fsp3) is 0.385. The number of aromatic nitrogens is 1. The van der Waals surface area contributed by atoms with Crippen molar-refractivity contribution in [2.24, 2.45) is 5.73 Å². The van der Waals surface area contributed by atoms with Crippen LogP contribution < -0.4 is 5.73 Å². The van der Waals surface area contributed by atoms with Crippen LogP contribution in [0.1, 0.15) is 12.6 Å². The maximum atomic E-state index is 12.0. The van der Waals surface area contributed by atoms with Crippen LogP contribution in [0, 0.1) is 0 Å². The Hall–Kier alpha value is -1.24. The smallest absolute Gasteiger partial charge is 0.228 e. The molecule has 2 rings (SSSR count). The van der Waals surface area contributed by atoms with E-state index in [1.165, 1.54) is 0 Å². The van der Waals surface area contributed by atoms with E-state index in [0.29, 0.717) is 13.0 Å². The Balaban J connectivity index is 2.02. The van der Waals surface area contributed by atoms with E-state index in [-0.39, 0.29) is 11.9 Å². The molecule has 0 radical (unpaired) electrons. The van der Waals surface area contributed by atoms with Crippen LogP contribution in [0.25, 0.3) is 9.88 Å². The molecule has 0 saturated carbocycles. The van der Waals surface area contributed by atoms with E-state index in [0.717, 1.165) is 15.6 Å². The molecule has 0 saturated heterocycles. The van der Waals surface area contributed by atoms with Crippen LogP contribution in [0.2, 0.25) is 0 Å². The first-order valence-electron chi connectivity index (χ1n) is 6.05. The molecule has 19 heavy (non-hydrogen) atoms. The Bertz CT molecular complexity index is 536. The summed E-state index contributed by atoms with van der Waals surface area (Å²) in [7, 11) is 1.78. The van der Waals surface area contributed by atoms with Gasteiger partial charge in [-0.1, -0.05) is 6.07 Å². The monoisotopic (exact) mass is 295 g/mol. The minimum absolute atomic E-state index is 0.0565. The predicted octanol–water partition coefficient (Wildman–Crippen LogP) is 2.22. The Morgan fingerprint density at radius 3 is 2.95 bits per heavy atom. The lowest BCUT2D eigenvalue weighted by Gasteiger charge is -2.23. The average molecular weight is 295 g/mol. The van der Waals surface area contributed by atoms with Crippen molar-refractivity contribution in [1.29, 1.82) is 0 Å². The van der Waals surface area contributed by atoms with Crippen molar-refractivity contribution in [2.75, 3.05) is 13.6 Å². The summed E-state index contributed by atoms with van der Waals surface area (Å²) in [5.74, 6) is 0.0565. The quantitative estimate of drug-likeness (QED) is 0.920. The molecule has 0 spiro atoms. The lowest BCUT2D eigenvalue weighted by molar-refractivity contribution is -0.130. The Kier molecular flexibility index (Phi) is 4.68.